The molecule has 1 aromatic rings. The van der Waals surface area contributed by atoms with E-state index in [0.717, 1.165) is 0 Å². The quantitative estimate of drug-likeness (QED) is 0.892. The topological polar surface area (TPSA) is 55.1 Å². The fourth-order valence-corrected chi connectivity index (χ4v) is 2.42. The molecule has 1 amide bonds. The predicted octanol–water partition coefficient (Wildman–Crippen LogP) is 2.44. The molecule has 1 aliphatic rings. The molecule has 1 saturated carbocycles. The molecule has 1 fully saturated rings. The van der Waals surface area contributed by atoms with E-state index in [4.69, 9.17) is 17.3 Å². The van der Waals surface area contributed by atoms with Crippen LogP contribution < -0.4 is 11.1 Å². The molecule has 2 atom stereocenters. The van der Waals surface area contributed by atoms with Crippen LogP contribution >= 0.6 is 11.6 Å². The first-order valence-corrected chi connectivity index (χ1v) is 6.68. The van der Waals surface area contributed by atoms with Crippen LogP contribution in [0.15, 0.2) is 18.2 Å². The molecule has 2 unspecified atom stereocenters. The number of rotatable bonds is 4. The lowest BCUT2D eigenvalue weighted by Crippen LogP contribution is -2.45. The van der Waals surface area contributed by atoms with E-state index in [-0.39, 0.29) is 23.6 Å². The van der Waals surface area contributed by atoms with Crippen LogP contribution in [0.25, 0.3) is 0 Å². The summed E-state index contributed by atoms with van der Waals surface area (Å²) in [5.74, 6) is -0.735. The van der Waals surface area contributed by atoms with Crippen molar-refractivity contribution in [3.63, 3.8) is 0 Å². The van der Waals surface area contributed by atoms with Gasteiger partial charge in [0.1, 0.15) is 5.82 Å². The molecule has 1 aliphatic carbocycles. The fraction of sp³-hybridized carbons (Fsp3) is 0.500. The summed E-state index contributed by atoms with van der Waals surface area (Å²) in [6.45, 7) is 4.08. The number of carbonyl (C=O) groups excluding carboxylic acids is 1. The Balaban J connectivity index is 1.99. The van der Waals surface area contributed by atoms with Crippen LogP contribution in [0.5, 0.6) is 0 Å². The van der Waals surface area contributed by atoms with Gasteiger partial charge in [-0.1, -0.05) is 17.7 Å². The number of hydrogen-bond donors (Lipinski definition) is 2. The number of halogens is 2. The summed E-state index contributed by atoms with van der Waals surface area (Å²) in [4.78, 5) is 11.9. The predicted molar refractivity (Wildman–Crippen MR) is 73.5 cm³/mol. The minimum Gasteiger partial charge on any atom is -0.354 e. The van der Waals surface area contributed by atoms with E-state index < -0.39 is 5.54 Å². The normalized spacial score (nSPS) is 22.2. The second kappa shape index (κ2) is 5.10. The molecule has 3 nitrogen and oxygen atoms in total. The van der Waals surface area contributed by atoms with Crippen LogP contribution in [0.2, 0.25) is 5.02 Å². The van der Waals surface area contributed by atoms with Crippen molar-refractivity contribution >= 4 is 17.5 Å². The third kappa shape index (κ3) is 3.45. The summed E-state index contributed by atoms with van der Waals surface area (Å²) in [6.07, 6.45) is 0.636. The van der Waals surface area contributed by atoms with Crippen molar-refractivity contribution in [2.24, 2.45) is 11.7 Å². The first kappa shape index (κ1) is 14.3. The highest BCUT2D eigenvalue weighted by molar-refractivity contribution is 6.31. The molecule has 104 valence electrons. The van der Waals surface area contributed by atoms with E-state index >= 15 is 0 Å². The van der Waals surface area contributed by atoms with Gasteiger partial charge in [-0.05, 0) is 32.4 Å². The summed E-state index contributed by atoms with van der Waals surface area (Å²) in [6, 6.07) is 4.59. The van der Waals surface area contributed by atoms with Crippen LogP contribution in [0.3, 0.4) is 0 Å². The van der Waals surface area contributed by atoms with E-state index in [9.17, 15) is 9.18 Å². The smallest absolute Gasteiger partial charge is 0.223 e. The molecule has 0 bridgehead atoms. The van der Waals surface area contributed by atoms with Gasteiger partial charge in [-0.15, -0.1) is 0 Å². The molecule has 0 aliphatic heterocycles. The van der Waals surface area contributed by atoms with Crippen LogP contribution in [0.4, 0.5) is 4.39 Å². The van der Waals surface area contributed by atoms with Gasteiger partial charge in [0.15, 0.2) is 0 Å². The molecule has 0 saturated heterocycles. The Labute approximate surface area is 117 Å². The lowest BCUT2D eigenvalue weighted by Gasteiger charge is -2.18. The van der Waals surface area contributed by atoms with E-state index in [1.807, 2.05) is 13.8 Å². The van der Waals surface area contributed by atoms with Gasteiger partial charge >= 0.3 is 0 Å². The zero-order valence-electron chi connectivity index (χ0n) is 11.0. The Bertz CT molecular complexity index is 478. The van der Waals surface area contributed by atoms with Gasteiger partial charge in [0.2, 0.25) is 5.91 Å². The van der Waals surface area contributed by atoms with Crippen molar-refractivity contribution in [2.75, 3.05) is 6.54 Å². The van der Waals surface area contributed by atoms with E-state index in [1.54, 1.807) is 12.1 Å². The van der Waals surface area contributed by atoms with Crippen LogP contribution in [-0.2, 0) is 4.79 Å². The van der Waals surface area contributed by atoms with Gasteiger partial charge in [0, 0.05) is 34.5 Å². The van der Waals surface area contributed by atoms with Crippen molar-refractivity contribution in [2.45, 2.75) is 31.7 Å². The molecule has 0 heterocycles. The number of hydrogen-bond acceptors (Lipinski definition) is 2. The van der Waals surface area contributed by atoms with Crippen molar-refractivity contribution in [1.82, 2.24) is 5.32 Å². The second-order valence-electron chi connectivity index (χ2n) is 5.79. The molecular weight excluding hydrogens is 267 g/mol. The Hall–Kier alpha value is -1.13. The molecule has 5 heteroatoms. The zero-order chi connectivity index (χ0) is 14.2. The van der Waals surface area contributed by atoms with Crippen LogP contribution in [0.1, 0.15) is 31.7 Å². The first-order chi connectivity index (χ1) is 8.79. The summed E-state index contributed by atoms with van der Waals surface area (Å²) >= 11 is 5.99. The molecule has 2 rings (SSSR count). The summed E-state index contributed by atoms with van der Waals surface area (Å²) in [5.41, 5.74) is 5.81. The highest BCUT2D eigenvalue weighted by Gasteiger charge is 2.46. The minimum absolute atomic E-state index is 0.0807. The first-order valence-electron chi connectivity index (χ1n) is 6.30. The monoisotopic (exact) mass is 284 g/mol. The Morgan fingerprint density at radius 2 is 2.26 bits per heavy atom. The lowest BCUT2D eigenvalue weighted by molar-refractivity contribution is -0.122. The minimum atomic E-state index is -0.449. The highest BCUT2D eigenvalue weighted by atomic mass is 35.5. The van der Waals surface area contributed by atoms with Crippen molar-refractivity contribution in [3.8, 4) is 0 Å². The average Bonchev–Trinajstić information content (AvgIpc) is 3.05. The Morgan fingerprint density at radius 1 is 1.58 bits per heavy atom. The second-order valence-corrected chi connectivity index (χ2v) is 6.20. The van der Waals surface area contributed by atoms with Crippen molar-refractivity contribution in [3.05, 3.63) is 34.6 Å². The van der Waals surface area contributed by atoms with E-state index in [0.29, 0.717) is 23.6 Å². The van der Waals surface area contributed by atoms with E-state index in [2.05, 4.69) is 5.32 Å². The Morgan fingerprint density at radius 3 is 2.84 bits per heavy atom. The Kier molecular flexibility index (Phi) is 3.83. The van der Waals surface area contributed by atoms with Gasteiger partial charge in [-0.3, -0.25) is 4.79 Å². The molecule has 0 radical (unpaired) electrons. The summed E-state index contributed by atoms with van der Waals surface area (Å²) in [7, 11) is 0. The number of benzene rings is 1. The van der Waals surface area contributed by atoms with Gasteiger partial charge < -0.3 is 11.1 Å². The maximum Gasteiger partial charge on any atom is 0.223 e. The van der Waals surface area contributed by atoms with Gasteiger partial charge in [-0.2, -0.15) is 0 Å². The average molecular weight is 285 g/mol. The molecule has 0 spiro atoms. The number of nitrogens with two attached hydrogens (primary N) is 1. The standard InChI is InChI=1S/C14H18ClFN2O/c1-14(2,17)7-18-13(19)9-6-8(9)12-10(15)4-3-5-11(12)16/h3-5,8-9H,6-7,17H2,1-2H3,(H,18,19). The zero-order valence-corrected chi connectivity index (χ0v) is 11.8. The fourth-order valence-electron chi connectivity index (χ4n) is 2.11. The van der Waals surface area contributed by atoms with E-state index in [1.165, 1.54) is 6.07 Å². The maximum atomic E-state index is 13.7. The third-order valence-electron chi connectivity index (χ3n) is 3.22. The highest BCUT2D eigenvalue weighted by Crippen LogP contribution is 2.50. The van der Waals surface area contributed by atoms with Gasteiger partial charge in [0.05, 0.1) is 0 Å². The SMILES string of the molecule is CC(C)(N)CNC(=O)C1CC1c1c(F)cccc1Cl. The number of nitrogens with one attached hydrogen (secondary N) is 1. The summed E-state index contributed by atoms with van der Waals surface area (Å²) < 4.78 is 13.7. The number of carbonyl (C=O) groups is 1. The third-order valence-corrected chi connectivity index (χ3v) is 3.55. The van der Waals surface area contributed by atoms with Crippen molar-refractivity contribution < 1.29 is 9.18 Å². The molecule has 19 heavy (non-hydrogen) atoms. The van der Waals surface area contributed by atoms with Crippen LogP contribution in [0, 0.1) is 11.7 Å². The molecule has 0 aromatic heterocycles. The maximum absolute atomic E-state index is 13.7. The molecular formula is C14H18ClFN2O. The molecule has 3 N–H and O–H groups in total. The summed E-state index contributed by atoms with van der Waals surface area (Å²) in [5, 5.41) is 3.18. The number of amides is 1. The van der Waals surface area contributed by atoms with Gasteiger partial charge in [-0.25, -0.2) is 4.39 Å². The van der Waals surface area contributed by atoms with Gasteiger partial charge in [0.25, 0.3) is 0 Å². The molecule has 1 aromatic carbocycles. The largest absolute Gasteiger partial charge is 0.354 e. The van der Waals surface area contributed by atoms with Crippen LogP contribution in [-0.4, -0.2) is 18.0 Å². The van der Waals surface area contributed by atoms with Crippen molar-refractivity contribution in [1.29, 1.82) is 0 Å². The lowest BCUT2D eigenvalue weighted by atomic mass is 10.1.